The van der Waals surface area contributed by atoms with Gasteiger partial charge in [0.2, 0.25) is 0 Å². The minimum absolute atomic E-state index is 0.0779. The average molecular weight is 435 g/mol. The molecule has 0 heterocycles. The van der Waals surface area contributed by atoms with E-state index < -0.39 is 0 Å². The Morgan fingerprint density at radius 1 is 0.871 bits per heavy atom. The summed E-state index contributed by atoms with van der Waals surface area (Å²) in [6.07, 6.45) is 3.79. The van der Waals surface area contributed by atoms with E-state index in [0.717, 1.165) is 34.6 Å². The second-order valence-electron chi connectivity index (χ2n) is 8.00. The molecule has 0 bridgehead atoms. The lowest BCUT2D eigenvalue weighted by molar-refractivity contribution is 0.475. The lowest BCUT2D eigenvalue weighted by atomic mass is 9.95. The van der Waals surface area contributed by atoms with E-state index >= 15 is 0 Å². The van der Waals surface area contributed by atoms with Crippen LogP contribution in [-0.4, -0.2) is 11.4 Å². The molecule has 0 aliphatic rings. The highest BCUT2D eigenvalue weighted by molar-refractivity contribution is 7.98. The van der Waals surface area contributed by atoms with Gasteiger partial charge in [-0.1, -0.05) is 64.1 Å². The smallest absolute Gasteiger partial charge is 0.127 e. The molecule has 162 valence electrons. The largest absolute Gasteiger partial charge is 0.508 e. The highest BCUT2D eigenvalue weighted by Gasteiger charge is 2.11. The molecule has 0 aliphatic carbocycles. The fraction of sp³-hybridized carbons (Fsp3) is 0.286. The number of benzene rings is 4. The van der Waals surface area contributed by atoms with Gasteiger partial charge in [-0.15, -0.1) is 11.8 Å². The molecule has 4 aromatic rings. The fourth-order valence-corrected chi connectivity index (χ4v) is 4.84. The predicted molar refractivity (Wildman–Crippen MR) is 134 cm³/mol. The van der Waals surface area contributed by atoms with Crippen molar-refractivity contribution in [3.8, 4) is 5.75 Å². The van der Waals surface area contributed by atoms with Gasteiger partial charge in [-0.25, -0.2) is 4.39 Å². The van der Waals surface area contributed by atoms with Crippen LogP contribution in [0.1, 0.15) is 50.3 Å². The van der Waals surface area contributed by atoms with Crippen LogP contribution in [0, 0.1) is 5.82 Å². The van der Waals surface area contributed by atoms with Gasteiger partial charge in [0, 0.05) is 4.90 Å². The molecular formula is C28H31FOS. The van der Waals surface area contributed by atoms with E-state index in [1.54, 1.807) is 17.8 Å². The molecule has 0 radical (unpaired) electrons. The third kappa shape index (κ3) is 4.88. The summed E-state index contributed by atoms with van der Waals surface area (Å²) in [4.78, 5) is 1.28. The molecule has 0 unspecified atom stereocenters. The van der Waals surface area contributed by atoms with Crippen LogP contribution in [0.5, 0.6) is 5.75 Å². The van der Waals surface area contributed by atoms with Crippen LogP contribution in [-0.2, 0) is 12.8 Å². The second kappa shape index (κ2) is 10.2. The Bertz CT molecular complexity index is 1200. The van der Waals surface area contributed by atoms with Crippen LogP contribution in [0.15, 0.2) is 65.6 Å². The minimum atomic E-state index is -0.0779. The number of fused-ring (bicyclic) bond motifs is 2. The minimum Gasteiger partial charge on any atom is -0.508 e. The zero-order chi connectivity index (χ0) is 22.5. The van der Waals surface area contributed by atoms with Crippen LogP contribution in [0.2, 0.25) is 0 Å². The van der Waals surface area contributed by atoms with E-state index in [-0.39, 0.29) is 5.82 Å². The van der Waals surface area contributed by atoms with Gasteiger partial charge in [0.05, 0.1) is 0 Å². The number of phenolic OH excluding ortho intramolecular Hbond substituents is 1. The van der Waals surface area contributed by atoms with E-state index in [9.17, 15) is 9.50 Å². The molecule has 0 saturated carbocycles. The van der Waals surface area contributed by atoms with Crippen LogP contribution >= 0.6 is 11.8 Å². The standard InChI is InChI=1S/C14H15F.C14H16OS/c1-3-10-6-5-7-11-8-9-13(15)12(4-2)14(10)11;1-9(2)12-8-11(15)7-10-5-4-6-13(16-3)14(10)12/h5-9H,3-4H2,1-2H3;4-9,15H,1-3H3. The van der Waals surface area contributed by atoms with Crippen molar-refractivity contribution in [2.75, 3.05) is 6.26 Å². The summed E-state index contributed by atoms with van der Waals surface area (Å²) in [5.74, 6) is 0.697. The summed E-state index contributed by atoms with van der Waals surface area (Å²) >= 11 is 1.75. The molecule has 1 N–H and O–H groups in total. The predicted octanol–water partition coefficient (Wildman–Crippen LogP) is 8.49. The topological polar surface area (TPSA) is 20.2 Å². The first kappa shape index (κ1) is 23.1. The Kier molecular flexibility index (Phi) is 7.61. The van der Waals surface area contributed by atoms with Gasteiger partial charge in [0.25, 0.3) is 0 Å². The van der Waals surface area contributed by atoms with E-state index in [4.69, 9.17) is 0 Å². The molecular weight excluding hydrogens is 403 g/mol. The van der Waals surface area contributed by atoms with Crippen molar-refractivity contribution in [2.24, 2.45) is 0 Å². The lowest BCUT2D eigenvalue weighted by Gasteiger charge is -2.13. The zero-order valence-electron chi connectivity index (χ0n) is 19.0. The molecule has 0 aliphatic heterocycles. The molecule has 0 saturated heterocycles. The Morgan fingerprint density at radius 2 is 1.58 bits per heavy atom. The molecule has 0 fully saturated rings. The summed E-state index contributed by atoms with van der Waals surface area (Å²) in [5, 5.41) is 14.4. The molecule has 31 heavy (non-hydrogen) atoms. The lowest BCUT2D eigenvalue weighted by Crippen LogP contribution is -1.93. The van der Waals surface area contributed by atoms with Gasteiger partial charge >= 0.3 is 0 Å². The van der Waals surface area contributed by atoms with E-state index in [0.29, 0.717) is 11.7 Å². The number of aryl methyl sites for hydroxylation is 2. The maximum Gasteiger partial charge on any atom is 0.127 e. The summed E-state index contributed by atoms with van der Waals surface area (Å²) in [6, 6.07) is 19.6. The van der Waals surface area contributed by atoms with Crippen molar-refractivity contribution < 1.29 is 9.50 Å². The monoisotopic (exact) mass is 434 g/mol. The molecule has 4 rings (SSSR count). The Labute approximate surface area is 189 Å². The number of thioether (sulfide) groups is 1. The van der Waals surface area contributed by atoms with Gasteiger partial charge in [0.15, 0.2) is 0 Å². The highest BCUT2D eigenvalue weighted by atomic mass is 32.2. The van der Waals surface area contributed by atoms with Crippen molar-refractivity contribution in [3.63, 3.8) is 0 Å². The average Bonchev–Trinajstić information content (AvgIpc) is 2.77. The quantitative estimate of drug-likeness (QED) is 0.325. The SMILES string of the molecule is CCc1cccc2ccc(F)c(CC)c12.CSc1cccc2cc(O)cc(C(C)C)c12. The Morgan fingerprint density at radius 3 is 2.23 bits per heavy atom. The number of hydrogen-bond donors (Lipinski definition) is 1. The first-order valence-electron chi connectivity index (χ1n) is 10.9. The molecule has 4 aromatic carbocycles. The van der Waals surface area contributed by atoms with Crippen molar-refractivity contribution in [1.82, 2.24) is 0 Å². The van der Waals surface area contributed by atoms with Gasteiger partial charge in [-0.05, 0) is 87.5 Å². The van der Waals surface area contributed by atoms with E-state index in [1.165, 1.54) is 21.4 Å². The van der Waals surface area contributed by atoms with E-state index in [1.807, 2.05) is 43.3 Å². The van der Waals surface area contributed by atoms with Crippen molar-refractivity contribution >= 4 is 33.3 Å². The molecule has 0 spiro atoms. The Hall–Kier alpha value is -2.52. The van der Waals surface area contributed by atoms with Crippen molar-refractivity contribution in [1.29, 1.82) is 0 Å². The van der Waals surface area contributed by atoms with Crippen molar-refractivity contribution in [3.05, 3.63) is 83.2 Å². The molecule has 3 heteroatoms. The number of aromatic hydroxyl groups is 1. The number of rotatable bonds is 4. The molecule has 0 aromatic heterocycles. The first-order valence-corrected chi connectivity index (χ1v) is 12.1. The zero-order valence-corrected chi connectivity index (χ0v) is 19.8. The third-order valence-electron chi connectivity index (χ3n) is 5.71. The normalized spacial score (nSPS) is 11.1. The summed E-state index contributed by atoms with van der Waals surface area (Å²) in [7, 11) is 0. The van der Waals surface area contributed by atoms with Crippen LogP contribution < -0.4 is 0 Å². The summed E-state index contributed by atoms with van der Waals surface area (Å²) in [5.41, 5.74) is 3.31. The molecule has 0 amide bonds. The fourth-order valence-electron chi connectivity index (χ4n) is 4.19. The third-order valence-corrected chi connectivity index (χ3v) is 6.49. The van der Waals surface area contributed by atoms with Gasteiger partial charge < -0.3 is 5.11 Å². The summed E-state index contributed by atoms with van der Waals surface area (Å²) < 4.78 is 13.6. The van der Waals surface area contributed by atoms with Crippen molar-refractivity contribution in [2.45, 2.75) is 51.3 Å². The van der Waals surface area contributed by atoms with Crippen LogP contribution in [0.4, 0.5) is 4.39 Å². The Balaban J connectivity index is 0.000000176. The summed E-state index contributed by atoms with van der Waals surface area (Å²) in [6.45, 7) is 8.43. The first-order chi connectivity index (χ1) is 14.9. The second-order valence-corrected chi connectivity index (χ2v) is 8.84. The maximum atomic E-state index is 13.6. The highest BCUT2D eigenvalue weighted by Crippen LogP contribution is 2.35. The number of phenols is 1. The number of halogens is 1. The molecule has 0 atom stereocenters. The van der Waals surface area contributed by atoms with Crippen LogP contribution in [0.3, 0.4) is 0 Å². The van der Waals surface area contributed by atoms with Gasteiger partial charge in [-0.2, -0.15) is 0 Å². The number of hydrogen-bond acceptors (Lipinski definition) is 2. The van der Waals surface area contributed by atoms with Crippen LogP contribution in [0.25, 0.3) is 21.5 Å². The van der Waals surface area contributed by atoms with E-state index in [2.05, 4.69) is 45.2 Å². The molecule has 1 nitrogen and oxygen atoms in total. The van der Waals surface area contributed by atoms with Gasteiger partial charge in [0.1, 0.15) is 11.6 Å². The maximum absolute atomic E-state index is 13.6. The van der Waals surface area contributed by atoms with Gasteiger partial charge in [-0.3, -0.25) is 0 Å².